The first-order valence-electron chi connectivity index (χ1n) is 6.90. The highest BCUT2D eigenvalue weighted by molar-refractivity contribution is 5.83. The Morgan fingerprint density at radius 1 is 1.35 bits per heavy atom. The molecule has 108 valence electrons. The van der Waals surface area contributed by atoms with Crippen molar-refractivity contribution in [3.8, 4) is 0 Å². The molecule has 2 rings (SSSR count). The number of amides is 1. The summed E-state index contributed by atoms with van der Waals surface area (Å²) in [4.78, 5) is 15.0. The Morgan fingerprint density at radius 2 is 2.05 bits per heavy atom. The number of H-pyrrole nitrogens is 1. The van der Waals surface area contributed by atoms with Crippen molar-refractivity contribution in [3.05, 3.63) is 36.0 Å². The third-order valence-corrected chi connectivity index (χ3v) is 3.44. The standard InChI is InChI=1S/C16H22N2O2/c1-16(2,3)14(19)15(20)17-9-8-11-10-18-13-7-5-4-6-12(11)13/h4-7,10,14,18-19H,8-9H2,1-3H3,(H,17,20). The van der Waals surface area contributed by atoms with Gasteiger partial charge in [0.1, 0.15) is 6.10 Å². The first-order valence-corrected chi connectivity index (χ1v) is 6.90. The molecule has 4 nitrogen and oxygen atoms in total. The highest BCUT2D eigenvalue weighted by Crippen LogP contribution is 2.19. The van der Waals surface area contributed by atoms with Crippen LogP contribution in [0.2, 0.25) is 0 Å². The predicted octanol–water partition coefficient (Wildman–Crippen LogP) is 2.23. The molecule has 0 saturated heterocycles. The Balaban J connectivity index is 1.92. The van der Waals surface area contributed by atoms with E-state index in [4.69, 9.17) is 0 Å². The zero-order valence-corrected chi connectivity index (χ0v) is 12.2. The van der Waals surface area contributed by atoms with Crippen LogP contribution in [0.4, 0.5) is 0 Å². The van der Waals surface area contributed by atoms with Gasteiger partial charge in [-0.2, -0.15) is 0 Å². The molecule has 1 heterocycles. The fourth-order valence-corrected chi connectivity index (χ4v) is 2.15. The number of hydrogen-bond acceptors (Lipinski definition) is 2. The van der Waals surface area contributed by atoms with Gasteiger partial charge < -0.3 is 15.4 Å². The van der Waals surface area contributed by atoms with Crippen molar-refractivity contribution in [1.82, 2.24) is 10.3 Å². The molecule has 0 saturated carbocycles. The fraction of sp³-hybridized carbons (Fsp3) is 0.438. The van der Waals surface area contributed by atoms with Gasteiger partial charge in [-0.3, -0.25) is 4.79 Å². The third-order valence-electron chi connectivity index (χ3n) is 3.44. The lowest BCUT2D eigenvalue weighted by atomic mass is 9.88. The maximum atomic E-state index is 11.8. The predicted molar refractivity (Wildman–Crippen MR) is 80.5 cm³/mol. The van der Waals surface area contributed by atoms with Crippen LogP contribution in [0, 0.1) is 5.41 Å². The maximum Gasteiger partial charge on any atom is 0.249 e. The molecule has 4 heteroatoms. The largest absolute Gasteiger partial charge is 0.383 e. The van der Waals surface area contributed by atoms with Crippen LogP contribution >= 0.6 is 0 Å². The molecule has 1 amide bonds. The van der Waals surface area contributed by atoms with Gasteiger partial charge in [-0.25, -0.2) is 0 Å². The number of fused-ring (bicyclic) bond motifs is 1. The molecule has 0 aliphatic heterocycles. The normalized spacial score (nSPS) is 13.4. The summed E-state index contributed by atoms with van der Waals surface area (Å²) in [7, 11) is 0. The lowest BCUT2D eigenvalue weighted by molar-refractivity contribution is -0.134. The molecule has 0 spiro atoms. The van der Waals surface area contributed by atoms with Crippen molar-refractivity contribution in [2.75, 3.05) is 6.54 Å². The van der Waals surface area contributed by atoms with Gasteiger partial charge in [0.05, 0.1) is 0 Å². The number of aliphatic hydroxyl groups is 1. The molecule has 1 unspecified atom stereocenters. The van der Waals surface area contributed by atoms with Crippen molar-refractivity contribution < 1.29 is 9.90 Å². The summed E-state index contributed by atoms with van der Waals surface area (Å²) in [6, 6.07) is 8.08. The van der Waals surface area contributed by atoms with Gasteiger partial charge in [0.25, 0.3) is 0 Å². The Labute approximate surface area is 119 Å². The number of carbonyl (C=O) groups excluding carboxylic acids is 1. The number of carbonyl (C=O) groups is 1. The minimum absolute atomic E-state index is 0.308. The van der Waals surface area contributed by atoms with E-state index < -0.39 is 11.5 Å². The smallest absolute Gasteiger partial charge is 0.249 e. The number of aromatic amines is 1. The summed E-state index contributed by atoms with van der Waals surface area (Å²) >= 11 is 0. The number of aromatic nitrogens is 1. The van der Waals surface area contributed by atoms with E-state index in [1.807, 2.05) is 45.2 Å². The summed E-state index contributed by atoms with van der Waals surface area (Å²) in [5.74, 6) is -0.308. The lowest BCUT2D eigenvalue weighted by Crippen LogP contribution is -2.43. The average molecular weight is 274 g/mol. The third kappa shape index (κ3) is 3.20. The van der Waals surface area contributed by atoms with Gasteiger partial charge >= 0.3 is 0 Å². The number of nitrogens with one attached hydrogen (secondary N) is 2. The summed E-state index contributed by atoms with van der Waals surface area (Å²) in [6.45, 7) is 6.05. The summed E-state index contributed by atoms with van der Waals surface area (Å²) in [5.41, 5.74) is 1.83. The van der Waals surface area contributed by atoms with Crippen LogP contribution in [0.1, 0.15) is 26.3 Å². The van der Waals surface area contributed by atoms with Gasteiger partial charge in [0, 0.05) is 23.6 Å². The van der Waals surface area contributed by atoms with Gasteiger partial charge in [0.15, 0.2) is 0 Å². The van der Waals surface area contributed by atoms with Crippen LogP contribution in [0.3, 0.4) is 0 Å². The topological polar surface area (TPSA) is 65.1 Å². The van der Waals surface area contributed by atoms with Crippen LogP contribution in [0.25, 0.3) is 10.9 Å². The van der Waals surface area contributed by atoms with Crippen molar-refractivity contribution in [1.29, 1.82) is 0 Å². The summed E-state index contributed by atoms with van der Waals surface area (Å²) in [6.07, 6.45) is 1.73. The van der Waals surface area contributed by atoms with Crippen LogP contribution in [0.5, 0.6) is 0 Å². The van der Waals surface area contributed by atoms with E-state index in [9.17, 15) is 9.90 Å². The molecule has 20 heavy (non-hydrogen) atoms. The summed E-state index contributed by atoms with van der Waals surface area (Å²) in [5, 5.41) is 13.8. The molecular formula is C16H22N2O2. The molecule has 1 aromatic carbocycles. The number of benzene rings is 1. The first-order chi connectivity index (χ1) is 9.39. The Bertz CT molecular complexity index is 596. The van der Waals surface area contributed by atoms with Crippen molar-refractivity contribution in [2.24, 2.45) is 5.41 Å². The molecule has 1 atom stereocenters. The average Bonchev–Trinajstić information content (AvgIpc) is 2.80. The van der Waals surface area contributed by atoms with Crippen molar-refractivity contribution in [3.63, 3.8) is 0 Å². The second-order valence-corrected chi connectivity index (χ2v) is 6.17. The van der Waals surface area contributed by atoms with Crippen LogP contribution in [-0.2, 0) is 11.2 Å². The molecule has 1 aromatic heterocycles. The Kier molecular flexibility index (Phi) is 4.14. The maximum absolute atomic E-state index is 11.8. The monoisotopic (exact) mass is 274 g/mol. The molecule has 0 fully saturated rings. The van der Waals surface area contributed by atoms with E-state index in [1.54, 1.807) is 0 Å². The number of rotatable bonds is 4. The number of hydrogen-bond donors (Lipinski definition) is 3. The lowest BCUT2D eigenvalue weighted by Gasteiger charge is -2.24. The molecule has 0 bridgehead atoms. The van der Waals surface area contributed by atoms with Crippen LogP contribution in [0.15, 0.2) is 30.5 Å². The highest BCUT2D eigenvalue weighted by atomic mass is 16.3. The van der Waals surface area contributed by atoms with Crippen LogP contribution < -0.4 is 5.32 Å². The SMILES string of the molecule is CC(C)(C)C(O)C(=O)NCCc1c[nH]c2ccccc12. The fourth-order valence-electron chi connectivity index (χ4n) is 2.15. The number of aliphatic hydroxyl groups excluding tert-OH is 1. The van der Waals surface area contributed by atoms with Gasteiger partial charge in [-0.15, -0.1) is 0 Å². The molecule has 3 N–H and O–H groups in total. The molecule has 2 aromatic rings. The van der Waals surface area contributed by atoms with Gasteiger partial charge in [-0.1, -0.05) is 39.0 Å². The molecule has 0 aliphatic rings. The first kappa shape index (κ1) is 14.6. The Morgan fingerprint density at radius 3 is 2.75 bits per heavy atom. The van der Waals surface area contributed by atoms with E-state index in [0.29, 0.717) is 6.54 Å². The van der Waals surface area contributed by atoms with Crippen molar-refractivity contribution >= 4 is 16.8 Å². The minimum Gasteiger partial charge on any atom is -0.383 e. The van der Waals surface area contributed by atoms with E-state index >= 15 is 0 Å². The quantitative estimate of drug-likeness (QED) is 0.800. The highest BCUT2D eigenvalue weighted by Gasteiger charge is 2.28. The van der Waals surface area contributed by atoms with Crippen molar-refractivity contribution in [2.45, 2.75) is 33.3 Å². The Hall–Kier alpha value is -1.81. The van der Waals surface area contributed by atoms with Gasteiger partial charge in [0.2, 0.25) is 5.91 Å². The van der Waals surface area contributed by atoms with E-state index in [0.717, 1.165) is 11.9 Å². The van der Waals surface area contributed by atoms with Crippen LogP contribution in [-0.4, -0.2) is 28.6 Å². The van der Waals surface area contributed by atoms with E-state index in [2.05, 4.69) is 16.4 Å². The summed E-state index contributed by atoms with van der Waals surface area (Å²) < 4.78 is 0. The second kappa shape index (κ2) is 5.67. The molecule has 0 aliphatic carbocycles. The zero-order valence-electron chi connectivity index (χ0n) is 12.2. The molecular weight excluding hydrogens is 252 g/mol. The minimum atomic E-state index is -0.981. The van der Waals surface area contributed by atoms with Gasteiger partial charge in [-0.05, 0) is 23.5 Å². The number of para-hydroxylation sites is 1. The van der Waals surface area contributed by atoms with E-state index in [1.165, 1.54) is 10.9 Å². The molecule has 0 radical (unpaired) electrons. The second-order valence-electron chi connectivity index (χ2n) is 6.17. The zero-order chi connectivity index (χ0) is 14.8. The van der Waals surface area contributed by atoms with E-state index in [-0.39, 0.29) is 5.91 Å².